The Hall–Kier alpha value is -0.680. The Morgan fingerprint density at radius 2 is 1.87 bits per heavy atom. The van der Waals surface area contributed by atoms with E-state index in [-0.39, 0.29) is 6.10 Å². The highest BCUT2D eigenvalue weighted by Gasteiger charge is 2.27. The number of benzene rings is 1. The monoisotopic (exact) mass is 234 g/mol. The molecule has 1 heterocycles. The molecule has 0 saturated carbocycles. The number of epoxide rings is 1. The van der Waals surface area contributed by atoms with Gasteiger partial charge in [0.1, 0.15) is 6.10 Å². The van der Waals surface area contributed by atoms with Crippen molar-refractivity contribution in [2.75, 3.05) is 12.4 Å². The molecule has 0 radical (unpaired) electrons. The molecular formula is C10H9F3OS. The third kappa shape index (κ3) is 3.43. The summed E-state index contributed by atoms with van der Waals surface area (Å²) in [5.74, 6) is -0.841. The van der Waals surface area contributed by atoms with Crippen LogP contribution in [0.2, 0.25) is 0 Å². The van der Waals surface area contributed by atoms with Crippen LogP contribution in [-0.2, 0) is 4.74 Å². The fourth-order valence-electron chi connectivity index (χ4n) is 1.18. The van der Waals surface area contributed by atoms with Crippen LogP contribution < -0.4 is 0 Å². The van der Waals surface area contributed by atoms with Crippen LogP contribution in [0.15, 0.2) is 29.2 Å². The third-order valence-corrected chi connectivity index (χ3v) is 3.06. The lowest BCUT2D eigenvalue weighted by Gasteiger charge is -2.05. The second-order valence-corrected chi connectivity index (χ2v) is 4.34. The van der Waals surface area contributed by atoms with E-state index in [2.05, 4.69) is 0 Å². The molecule has 1 fully saturated rings. The van der Waals surface area contributed by atoms with Crippen molar-refractivity contribution in [1.82, 2.24) is 0 Å². The van der Waals surface area contributed by atoms with E-state index in [0.29, 0.717) is 4.90 Å². The van der Waals surface area contributed by atoms with Crippen LogP contribution in [0.25, 0.3) is 0 Å². The summed E-state index contributed by atoms with van der Waals surface area (Å²) in [6, 6.07) is 7.04. The predicted octanol–water partition coefficient (Wildman–Crippen LogP) is 3.41. The van der Waals surface area contributed by atoms with Gasteiger partial charge in [-0.2, -0.15) is 13.2 Å². The highest BCUT2D eigenvalue weighted by molar-refractivity contribution is 7.99. The van der Waals surface area contributed by atoms with E-state index in [4.69, 9.17) is 4.74 Å². The minimum absolute atomic E-state index is 0.159. The van der Waals surface area contributed by atoms with E-state index in [1.54, 1.807) is 12.1 Å². The van der Waals surface area contributed by atoms with Gasteiger partial charge < -0.3 is 4.74 Å². The van der Waals surface area contributed by atoms with Crippen molar-refractivity contribution in [3.63, 3.8) is 0 Å². The summed E-state index contributed by atoms with van der Waals surface area (Å²) in [4.78, 5) is 0.636. The average molecular weight is 234 g/mol. The van der Waals surface area contributed by atoms with Crippen LogP contribution in [0.3, 0.4) is 0 Å². The topological polar surface area (TPSA) is 12.5 Å². The molecule has 1 nitrogen and oxygen atoms in total. The fraction of sp³-hybridized carbons (Fsp3) is 0.400. The summed E-state index contributed by atoms with van der Waals surface area (Å²) in [7, 11) is 0. The molecule has 0 amide bonds. The number of thioether (sulfide) groups is 1. The molecule has 1 saturated heterocycles. The third-order valence-electron chi connectivity index (χ3n) is 1.99. The van der Waals surface area contributed by atoms with E-state index in [1.807, 2.05) is 12.1 Å². The SMILES string of the molecule is FC(F)(F)CSc1ccc([C@H]2CO2)cc1. The van der Waals surface area contributed by atoms with Crippen LogP contribution in [0, 0.1) is 0 Å². The van der Waals surface area contributed by atoms with Gasteiger partial charge in [-0.25, -0.2) is 0 Å². The van der Waals surface area contributed by atoms with E-state index >= 15 is 0 Å². The first-order valence-electron chi connectivity index (χ1n) is 4.46. The van der Waals surface area contributed by atoms with Gasteiger partial charge in [0, 0.05) is 4.90 Å². The molecule has 0 unspecified atom stereocenters. The highest BCUT2D eigenvalue weighted by Crippen LogP contribution is 2.32. The van der Waals surface area contributed by atoms with Gasteiger partial charge in [0.05, 0.1) is 12.4 Å². The first kappa shape index (κ1) is 10.8. The van der Waals surface area contributed by atoms with Crippen molar-refractivity contribution in [2.45, 2.75) is 17.2 Å². The summed E-state index contributed by atoms with van der Waals surface area (Å²) in [6.07, 6.45) is -3.95. The molecule has 82 valence electrons. The van der Waals surface area contributed by atoms with E-state index < -0.39 is 11.9 Å². The fourth-order valence-corrected chi connectivity index (χ4v) is 1.84. The molecule has 2 rings (SSSR count). The van der Waals surface area contributed by atoms with E-state index in [0.717, 1.165) is 23.9 Å². The molecule has 0 bridgehead atoms. The van der Waals surface area contributed by atoms with Gasteiger partial charge in [0.25, 0.3) is 0 Å². The first-order valence-corrected chi connectivity index (χ1v) is 5.44. The number of alkyl halides is 3. The molecule has 1 aliphatic rings. The van der Waals surface area contributed by atoms with Crippen molar-refractivity contribution in [2.24, 2.45) is 0 Å². The average Bonchev–Trinajstić information content (AvgIpc) is 2.98. The summed E-state index contributed by atoms with van der Waals surface area (Å²) in [5, 5.41) is 0. The van der Waals surface area contributed by atoms with E-state index in [9.17, 15) is 13.2 Å². The Kier molecular flexibility index (Phi) is 2.93. The Morgan fingerprint density at radius 3 is 2.33 bits per heavy atom. The van der Waals surface area contributed by atoms with Crippen molar-refractivity contribution < 1.29 is 17.9 Å². The summed E-state index contributed by atoms with van der Waals surface area (Å²) in [6.45, 7) is 0.717. The van der Waals surface area contributed by atoms with Gasteiger partial charge in [0.15, 0.2) is 0 Å². The number of hydrogen-bond donors (Lipinski definition) is 0. The maximum absolute atomic E-state index is 11.9. The van der Waals surface area contributed by atoms with Gasteiger partial charge >= 0.3 is 6.18 Å². The lowest BCUT2D eigenvalue weighted by atomic mass is 10.2. The number of halogens is 3. The smallest absolute Gasteiger partial charge is 0.368 e. The van der Waals surface area contributed by atoms with Crippen molar-refractivity contribution in [3.05, 3.63) is 29.8 Å². The van der Waals surface area contributed by atoms with Gasteiger partial charge in [-0.05, 0) is 17.7 Å². The van der Waals surface area contributed by atoms with Crippen LogP contribution >= 0.6 is 11.8 Å². The van der Waals surface area contributed by atoms with Crippen molar-refractivity contribution in [3.8, 4) is 0 Å². The molecule has 0 spiro atoms. The quantitative estimate of drug-likeness (QED) is 0.587. The van der Waals surface area contributed by atoms with E-state index in [1.165, 1.54) is 0 Å². The molecule has 0 aromatic heterocycles. The van der Waals surface area contributed by atoms with Gasteiger partial charge in [0.2, 0.25) is 0 Å². The van der Waals surface area contributed by atoms with Crippen LogP contribution in [-0.4, -0.2) is 18.5 Å². The second kappa shape index (κ2) is 4.06. The normalized spacial score (nSPS) is 20.3. The van der Waals surface area contributed by atoms with Crippen LogP contribution in [0.5, 0.6) is 0 Å². The zero-order valence-corrected chi connectivity index (χ0v) is 8.57. The van der Waals surface area contributed by atoms with Gasteiger partial charge in [-0.1, -0.05) is 12.1 Å². The molecular weight excluding hydrogens is 225 g/mol. The van der Waals surface area contributed by atoms with Crippen molar-refractivity contribution >= 4 is 11.8 Å². The Morgan fingerprint density at radius 1 is 1.27 bits per heavy atom. The predicted molar refractivity (Wildman–Crippen MR) is 51.9 cm³/mol. The largest absolute Gasteiger partial charge is 0.398 e. The molecule has 5 heteroatoms. The van der Waals surface area contributed by atoms with Crippen LogP contribution in [0.1, 0.15) is 11.7 Å². The molecule has 1 aromatic rings. The minimum Gasteiger partial charge on any atom is -0.368 e. The summed E-state index contributed by atoms with van der Waals surface area (Å²) < 4.78 is 40.8. The number of rotatable bonds is 3. The van der Waals surface area contributed by atoms with Crippen molar-refractivity contribution in [1.29, 1.82) is 0 Å². The zero-order chi connectivity index (χ0) is 10.9. The maximum Gasteiger partial charge on any atom is 0.398 e. The molecule has 1 atom stereocenters. The lowest BCUT2D eigenvalue weighted by Crippen LogP contribution is -2.10. The minimum atomic E-state index is -4.11. The Balaban J connectivity index is 1.92. The standard InChI is InChI=1S/C10H9F3OS/c11-10(12,13)6-15-8-3-1-7(2-4-8)9-5-14-9/h1-4,9H,5-6H2/t9-/m1/s1. The Bertz CT molecular complexity index is 330. The highest BCUT2D eigenvalue weighted by atomic mass is 32.2. The van der Waals surface area contributed by atoms with Gasteiger partial charge in [-0.3, -0.25) is 0 Å². The first-order chi connectivity index (χ1) is 7.04. The summed E-state index contributed by atoms with van der Waals surface area (Å²) in [5.41, 5.74) is 1.03. The molecule has 1 aromatic carbocycles. The summed E-state index contributed by atoms with van der Waals surface area (Å²) >= 11 is 0.802. The molecule has 0 N–H and O–H groups in total. The maximum atomic E-state index is 11.9. The molecule has 1 aliphatic heterocycles. The Labute approximate surface area is 89.6 Å². The van der Waals surface area contributed by atoms with Gasteiger partial charge in [-0.15, -0.1) is 11.8 Å². The van der Waals surface area contributed by atoms with Crippen LogP contribution in [0.4, 0.5) is 13.2 Å². The molecule has 15 heavy (non-hydrogen) atoms. The number of hydrogen-bond acceptors (Lipinski definition) is 2. The zero-order valence-electron chi connectivity index (χ0n) is 7.75. The number of ether oxygens (including phenoxy) is 1. The lowest BCUT2D eigenvalue weighted by molar-refractivity contribution is -0.105. The second-order valence-electron chi connectivity index (χ2n) is 3.29. The molecule has 0 aliphatic carbocycles.